The predicted molar refractivity (Wildman–Crippen MR) is 62.1 cm³/mol. The minimum atomic E-state index is 0.478. The lowest BCUT2D eigenvalue weighted by molar-refractivity contribution is 0.385. The van der Waals surface area contributed by atoms with Gasteiger partial charge < -0.3 is 10.1 Å². The Morgan fingerprint density at radius 2 is 2.20 bits per heavy atom. The van der Waals surface area contributed by atoms with Crippen LogP contribution in [0.1, 0.15) is 31.4 Å². The lowest BCUT2D eigenvalue weighted by Gasteiger charge is -2.20. The number of ether oxygens (including phenoxy) is 1. The molecule has 2 unspecified atom stereocenters. The van der Waals surface area contributed by atoms with Crippen LogP contribution < -0.4 is 10.1 Å². The Kier molecular flexibility index (Phi) is 3.27. The Morgan fingerprint density at radius 1 is 1.40 bits per heavy atom. The molecule has 1 aliphatic heterocycles. The van der Waals surface area contributed by atoms with Gasteiger partial charge in [-0.1, -0.05) is 31.5 Å². The van der Waals surface area contributed by atoms with E-state index in [-0.39, 0.29) is 0 Å². The summed E-state index contributed by atoms with van der Waals surface area (Å²) in [6.07, 6.45) is 2.51. The van der Waals surface area contributed by atoms with Crippen molar-refractivity contribution < 1.29 is 4.74 Å². The lowest BCUT2D eigenvalue weighted by Crippen LogP contribution is -2.18. The number of benzene rings is 1. The Hall–Kier alpha value is -1.02. The highest BCUT2D eigenvalue weighted by Crippen LogP contribution is 2.36. The minimum Gasteiger partial charge on any atom is -0.496 e. The van der Waals surface area contributed by atoms with Gasteiger partial charge >= 0.3 is 0 Å². The summed E-state index contributed by atoms with van der Waals surface area (Å²) in [6.45, 7) is 3.39. The van der Waals surface area contributed by atoms with Crippen molar-refractivity contribution in [3.05, 3.63) is 29.8 Å². The zero-order valence-corrected chi connectivity index (χ0v) is 9.49. The second-order valence-electron chi connectivity index (χ2n) is 4.13. The van der Waals surface area contributed by atoms with Gasteiger partial charge in [0, 0.05) is 11.6 Å². The molecule has 2 atom stereocenters. The molecule has 0 aromatic heterocycles. The molecular formula is C13H19NO. The maximum Gasteiger partial charge on any atom is 0.123 e. The molecule has 1 aromatic rings. The van der Waals surface area contributed by atoms with Crippen LogP contribution in [0.25, 0.3) is 0 Å². The molecule has 15 heavy (non-hydrogen) atoms. The molecule has 0 radical (unpaired) electrons. The zero-order chi connectivity index (χ0) is 10.7. The number of hydrogen-bond acceptors (Lipinski definition) is 2. The van der Waals surface area contributed by atoms with E-state index in [0.717, 1.165) is 18.2 Å². The molecule has 2 rings (SSSR count). The van der Waals surface area contributed by atoms with E-state index in [1.165, 1.54) is 18.4 Å². The van der Waals surface area contributed by atoms with E-state index in [1.54, 1.807) is 7.11 Å². The van der Waals surface area contributed by atoms with Crippen LogP contribution in [0.4, 0.5) is 0 Å². The van der Waals surface area contributed by atoms with Crippen molar-refractivity contribution in [3.8, 4) is 5.75 Å². The van der Waals surface area contributed by atoms with E-state index in [2.05, 4.69) is 24.4 Å². The molecule has 1 aliphatic rings. The summed E-state index contributed by atoms with van der Waals surface area (Å²) in [5, 5.41) is 3.57. The third kappa shape index (κ3) is 2.00. The molecule has 82 valence electrons. The number of hydrogen-bond donors (Lipinski definition) is 1. The predicted octanol–water partition coefficient (Wildman–Crippen LogP) is 2.76. The molecule has 1 fully saturated rings. The molecule has 0 amide bonds. The summed E-state index contributed by atoms with van der Waals surface area (Å²) in [6, 6.07) is 8.81. The van der Waals surface area contributed by atoms with Gasteiger partial charge in [0.1, 0.15) is 5.75 Å². The van der Waals surface area contributed by atoms with Gasteiger partial charge in [-0.25, -0.2) is 0 Å². The fourth-order valence-electron chi connectivity index (χ4n) is 2.48. The summed E-state index contributed by atoms with van der Waals surface area (Å²) in [7, 11) is 1.74. The van der Waals surface area contributed by atoms with Crippen LogP contribution in [0.5, 0.6) is 5.75 Å². The van der Waals surface area contributed by atoms with Crippen LogP contribution in [0.2, 0.25) is 0 Å². The van der Waals surface area contributed by atoms with Gasteiger partial charge in [-0.3, -0.25) is 0 Å². The number of methoxy groups -OCH3 is 1. The molecule has 0 saturated carbocycles. The van der Waals surface area contributed by atoms with Gasteiger partial charge in [0.15, 0.2) is 0 Å². The van der Waals surface area contributed by atoms with E-state index in [9.17, 15) is 0 Å². The van der Waals surface area contributed by atoms with Gasteiger partial charge in [-0.15, -0.1) is 0 Å². The van der Waals surface area contributed by atoms with Gasteiger partial charge in [0.2, 0.25) is 0 Å². The van der Waals surface area contributed by atoms with E-state index < -0.39 is 0 Å². The monoisotopic (exact) mass is 205 g/mol. The molecule has 0 spiro atoms. The van der Waals surface area contributed by atoms with Gasteiger partial charge in [-0.2, -0.15) is 0 Å². The average molecular weight is 205 g/mol. The van der Waals surface area contributed by atoms with E-state index in [4.69, 9.17) is 4.74 Å². The summed E-state index contributed by atoms with van der Waals surface area (Å²) in [4.78, 5) is 0. The fourth-order valence-corrected chi connectivity index (χ4v) is 2.48. The number of rotatable bonds is 3. The molecule has 1 saturated heterocycles. The molecule has 0 aliphatic carbocycles. The van der Waals surface area contributed by atoms with Crippen molar-refractivity contribution in [2.45, 2.75) is 25.8 Å². The van der Waals surface area contributed by atoms with Crippen molar-refractivity contribution in [1.29, 1.82) is 0 Å². The standard InChI is InChI=1S/C13H19NO/c1-3-10-8-9-14-13(10)11-6-4-5-7-12(11)15-2/h4-7,10,13-14H,3,8-9H2,1-2H3. The normalized spacial score (nSPS) is 25.5. The van der Waals surface area contributed by atoms with E-state index in [0.29, 0.717) is 6.04 Å². The quantitative estimate of drug-likeness (QED) is 0.819. The Labute approximate surface area is 91.6 Å². The van der Waals surface area contributed by atoms with Gasteiger partial charge in [-0.05, 0) is 24.9 Å². The van der Waals surface area contributed by atoms with Crippen molar-refractivity contribution in [2.24, 2.45) is 5.92 Å². The first-order chi connectivity index (χ1) is 7.36. The first kappa shape index (κ1) is 10.5. The van der Waals surface area contributed by atoms with Crippen LogP contribution in [-0.2, 0) is 0 Å². The third-order valence-corrected chi connectivity index (χ3v) is 3.35. The molecule has 1 aromatic carbocycles. The van der Waals surface area contributed by atoms with Crippen molar-refractivity contribution >= 4 is 0 Å². The second-order valence-corrected chi connectivity index (χ2v) is 4.13. The largest absolute Gasteiger partial charge is 0.496 e. The first-order valence-corrected chi connectivity index (χ1v) is 5.73. The first-order valence-electron chi connectivity index (χ1n) is 5.73. The summed E-state index contributed by atoms with van der Waals surface area (Å²) >= 11 is 0. The van der Waals surface area contributed by atoms with Crippen LogP contribution in [0, 0.1) is 5.92 Å². The van der Waals surface area contributed by atoms with Crippen LogP contribution >= 0.6 is 0 Å². The maximum absolute atomic E-state index is 5.41. The summed E-state index contributed by atoms with van der Waals surface area (Å²) in [5.41, 5.74) is 1.31. The van der Waals surface area contributed by atoms with Crippen molar-refractivity contribution in [3.63, 3.8) is 0 Å². The molecule has 1 heterocycles. The molecule has 0 bridgehead atoms. The SMILES string of the molecule is CCC1CCNC1c1ccccc1OC. The van der Waals surface area contributed by atoms with Crippen molar-refractivity contribution in [1.82, 2.24) is 5.32 Å². The lowest BCUT2D eigenvalue weighted by atomic mass is 9.92. The number of para-hydroxylation sites is 1. The van der Waals surface area contributed by atoms with Gasteiger partial charge in [0.05, 0.1) is 7.11 Å². The molecule has 2 heteroatoms. The van der Waals surface area contributed by atoms with Crippen molar-refractivity contribution in [2.75, 3.05) is 13.7 Å². The number of nitrogens with one attached hydrogen (secondary N) is 1. The van der Waals surface area contributed by atoms with E-state index in [1.807, 2.05) is 12.1 Å². The summed E-state index contributed by atoms with van der Waals surface area (Å²) in [5.74, 6) is 1.76. The topological polar surface area (TPSA) is 21.3 Å². The smallest absolute Gasteiger partial charge is 0.123 e. The highest BCUT2D eigenvalue weighted by atomic mass is 16.5. The Morgan fingerprint density at radius 3 is 2.93 bits per heavy atom. The fraction of sp³-hybridized carbons (Fsp3) is 0.538. The zero-order valence-electron chi connectivity index (χ0n) is 9.49. The van der Waals surface area contributed by atoms with Gasteiger partial charge in [0.25, 0.3) is 0 Å². The minimum absolute atomic E-state index is 0.478. The Balaban J connectivity index is 2.27. The average Bonchev–Trinajstić information content (AvgIpc) is 2.76. The molecule has 1 N–H and O–H groups in total. The maximum atomic E-state index is 5.41. The summed E-state index contributed by atoms with van der Waals surface area (Å²) < 4.78 is 5.41. The molecular weight excluding hydrogens is 186 g/mol. The van der Waals surface area contributed by atoms with Crippen LogP contribution in [0.3, 0.4) is 0 Å². The Bertz CT molecular complexity index is 324. The second kappa shape index (κ2) is 4.67. The highest BCUT2D eigenvalue weighted by molar-refractivity contribution is 5.36. The van der Waals surface area contributed by atoms with Crippen LogP contribution in [-0.4, -0.2) is 13.7 Å². The van der Waals surface area contributed by atoms with Crippen LogP contribution in [0.15, 0.2) is 24.3 Å². The third-order valence-electron chi connectivity index (χ3n) is 3.35. The molecule has 2 nitrogen and oxygen atoms in total. The van der Waals surface area contributed by atoms with E-state index >= 15 is 0 Å². The highest BCUT2D eigenvalue weighted by Gasteiger charge is 2.28.